The maximum Gasteiger partial charge on any atom is 0.186 e. The van der Waals surface area contributed by atoms with Gasteiger partial charge < -0.3 is 16.0 Å². The molecule has 2 aliphatic rings. The third kappa shape index (κ3) is 3.82. The number of hydrogen-bond acceptors (Lipinski definition) is 6. The Morgan fingerprint density at radius 1 is 1.33 bits per heavy atom. The molecule has 3 N–H and O–H groups in total. The monoisotopic (exact) mass is 380 g/mol. The number of rotatable bonds is 5. The Morgan fingerprint density at radius 2 is 2.15 bits per heavy atom. The largest absolute Gasteiger partial charge is 0.398 e. The Kier molecular flexibility index (Phi) is 5.09. The summed E-state index contributed by atoms with van der Waals surface area (Å²) in [7, 11) is 0. The van der Waals surface area contributed by atoms with Crippen molar-refractivity contribution in [2.45, 2.75) is 19.8 Å². The van der Waals surface area contributed by atoms with E-state index in [1.807, 2.05) is 19.1 Å². The maximum absolute atomic E-state index is 13.0. The van der Waals surface area contributed by atoms with Crippen LogP contribution in [0.1, 0.15) is 32.9 Å². The van der Waals surface area contributed by atoms with Crippen molar-refractivity contribution in [2.75, 3.05) is 36.8 Å². The van der Waals surface area contributed by atoms with Gasteiger partial charge in [-0.2, -0.15) is 0 Å². The average Bonchev–Trinajstić information content (AvgIpc) is 3.34. The minimum atomic E-state index is 0.0914. The number of Topliss-reactive ketones (excluding diaryl/α,β-unsaturated/α-hetero) is 1. The van der Waals surface area contributed by atoms with E-state index >= 15 is 0 Å². The highest BCUT2D eigenvalue weighted by molar-refractivity contribution is 7.17. The van der Waals surface area contributed by atoms with E-state index in [1.165, 1.54) is 16.9 Å². The van der Waals surface area contributed by atoms with E-state index in [0.717, 1.165) is 59.4 Å². The number of aromatic nitrogens is 1. The lowest BCUT2D eigenvalue weighted by Crippen LogP contribution is -2.43. The molecule has 1 aromatic carbocycles. The number of allylic oxidation sites excluding steroid dienone is 4. The fourth-order valence-electron chi connectivity index (χ4n) is 3.51. The second-order valence-electron chi connectivity index (χ2n) is 6.99. The Morgan fingerprint density at radius 3 is 2.89 bits per heavy atom. The number of piperazine rings is 1. The van der Waals surface area contributed by atoms with E-state index in [2.05, 4.69) is 39.5 Å². The highest BCUT2D eigenvalue weighted by Crippen LogP contribution is 2.30. The lowest BCUT2D eigenvalue weighted by Gasteiger charge is -2.26. The van der Waals surface area contributed by atoms with Crippen LogP contribution in [0.25, 0.3) is 5.57 Å². The first-order chi connectivity index (χ1) is 13.1. The number of benzene rings is 1. The number of carbonyl (C=O) groups excluding carboxylic acids is 1. The smallest absolute Gasteiger partial charge is 0.186 e. The van der Waals surface area contributed by atoms with Crippen LogP contribution >= 0.6 is 11.3 Å². The van der Waals surface area contributed by atoms with Crippen LogP contribution in [-0.2, 0) is 6.42 Å². The number of carbonyl (C=O) groups is 1. The molecule has 4 rings (SSSR count). The predicted octanol–water partition coefficient (Wildman–Crippen LogP) is 3.21. The van der Waals surface area contributed by atoms with Crippen LogP contribution < -0.4 is 16.0 Å². The fraction of sp³-hybridized carbons (Fsp3) is 0.333. The lowest BCUT2D eigenvalue weighted by molar-refractivity contribution is 0.0996. The molecule has 2 aromatic rings. The zero-order chi connectivity index (χ0) is 18.8. The van der Waals surface area contributed by atoms with Crippen LogP contribution in [-0.4, -0.2) is 36.9 Å². The molecule has 0 unspecified atom stereocenters. The van der Waals surface area contributed by atoms with E-state index in [4.69, 9.17) is 5.73 Å². The normalized spacial score (nSPS) is 16.6. The zero-order valence-corrected chi connectivity index (χ0v) is 16.3. The molecule has 0 bridgehead atoms. The number of ketones is 1. The Bertz CT molecular complexity index is 922. The van der Waals surface area contributed by atoms with Gasteiger partial charge in [0.1, 0.15) is 0 Å². The average molecular weight is 381 g/mol. The van der Waals surface area contributed by atoms with Crippen molar-refractivity contribution in [2.24, 2.45) is 0 Å². The number of anilines is 2. The molecule has 1 aromatic heterocycles. The standard InChI is InChI=1S/C21H24N4OS/c1-14-20(27-21(24-14)25-10-8-23-9-11-25)19(26)13-17-12-16(6-7-18(17)22)15-4-2-3-5-15/h2-4,6-7,12,23H,5,8-11,13,22H2,1H3. The summed E-state index contributed by atoms with van der Waals surface area (Å²) in [5.74, 6) is 0.0914. The lowest BCUT2D eigenvalue weighted by atomic mass is 9.98. The molecule has 0 amide bonds. The maximum atomic E-state index is 13.0. The van der Waals surface area contributed by atoms with Gasteiger partial charge in [-0.3, -0.25) is 4.79 Å². The summed E-state index contributed by atoms with van der Waals surface area (Å²) in [5, 5.41) is 4.29. The molecular formula is C21H24N4OS. The van der Waals surface area contributed by atoms with Crippen molar-refractivity contribution in [1.82, 2.24) is 10.3 Å². The Hall–Kier alpha value is -2.44. The van der Waals surface area contributed by atoms with Crippen molar-refractivity contribution in [3.05, 3.63) is 58.1 Å². The Labute approximate surface area is 163 Å². The molecule has 0 atom stereocenters. The number of nitrogens with zero attached hydrogens (tertiary/aromatic N) is 2. The van der Waals surface area contributed by atoms with E-state index in [9.17, 15) is 4.79 Å². The van der Waals surface area contributed by atoms with Crippen molar-refractivity contribution in [3.8, 4) is 0 Å². The van der Waals surface area contributed by atoms with Gasteiger partial charge >= 0.3 is 0 Å². The third-order valence-electron chi connectivity index (χ3n) is 5.06. The first kappa shape index (κ1) is 17.9. The number of aryl methyl sites for hydroxylation is 1. The van der Waals surface area contributed by atoms with Crippen molar-refractivity contribution < 1.29 is 4.79 Å². The summed E-state index contributed by atoms with van der Waals surface area (Å²) in [5.41, 5.74) is 10.9. The summed E-state index contributed by atoms with van der Waals surface area (Å²) in [6.45, 7) is 5.69. The van der Waals surface area contributed by atoms with Crippen molar-refractivity contribution in [3.63, 3.8) is 0 Å². The molecule has 140 valence electrons. The summed E-state index contributed by atoms with van der Waals surface area (Å²) < 4.78 is 0. The van der Waals surface area contributed by atoms with Crippen LogP contribution in [0.15, 0.2) is 36.4 Å². The van der Waals surface area contributed by atoms with E-state index in [0.29, 0.717) is 12.1 Å². The van der Waals surface area contributed by atoms with Gasteiger partial charge in [0.15, 0.2) is 10.9 Å². The predicted molar refractivity (Wildman–Crippen MR) is 113 cm³/mol. The number of nitrogens with one attached hydrogen (secondary N) is 1. The van der Waals surface area contributed by atoms with Gasteiger partial charge in [0.2, 0.25) is 0 Å². The highest BCUT2D eigenvalue weighted by Gasteiger charge is 2.21. The fourth-order valence-corrected chi connectivity index (χ4v) is 4.56. The van der Waals surface area contributed by atoms with Crippen molar-refractivity contribution >= 4 is 33.5 Å². The van der Waals surface area contributed by atoms with Gasteiger partial charge in [-0.1, -0.05) is 35.6 Å². The molecule has 2 heterocycles. The molecule has 6 heteroatoms. The zero-order valence-electron chi connectivity index (χ0n) is 15.5. The summed E-state index contributed by atoms with van der Waals surface area (Å²) in [4.78, 5) is 20.6. The quantitative estimate of drug-likeness (QED) is 0.616. The molecule has 27 heavy (non-hydrogen) atoms. The molecule has 5 nitrogen and oxygen atoms in total. The minimum absolute atomic E-state index is 0.0914. The van der Waals surface area contributed by atoms with Crippen LogP contribution in [0, 0.1) is 6.92 Å². The number of nitrogens with two attached hydrogens (primary N) is 1. The third-order valence-corrected chi connectivity index (χ3v) is 6.32. The van der Waals surface area contributed by atoms with E-state index in [1.54, 1.807) is 0 Å². The number of thiazole rings is 1. The minimum Gasteiger partial charge on any atom is -0.398 e. The molecule has 0 spiro atoms. The molecule has 1 aliphatic carbocycles. The van der Waals surface area contributed by atoms with Gasteiger partial charge in [-0.15, -0.1) is 0 Å². The molecule has 0 saturated carbocycles. The first-order valence-corrected chi connectivity index (χ1v) is 10.1. The molecule has 1 fully saturated rings. The summed E-state index contributed by atoms with van der Waals surface area (Å²) >= 11 is 1.50. The number of nitrogen functional groups attached to an aromatic ring is 1. The number of hydrogen-bond donors (Lipinski definition) is 2. The van der Waals surface area contributed by atoms with Gasteiger partial charge in [0, 0.05) is 38.3 Å². The highest BCUT2D eigenvalue weighted by atomic mass is 32.1. The molecule has 0 radical (unpaired) electrons. The van der Waals surface area contributed by atoms with Crippen LogP contribution in [0.4, 0.5) is 10.8 Å². The van der Waals surface area contributed by atoms with Crippen molar-refractivity contribution in [1.29, 1.82) is 0 Å². The second kappa shape index (κ2) is 7.66. The van der Waals surface area contributed by atoms with Crippen LogP contribution in [0.3, 0.4) is 0 Å². The van der Waals surface area contributed by atoms with Gasteiger partial charge in [0.25, 0.3) is 0 Å². The first-order valence-electron chi connectivity index (χ1n) is 9.32. The van der Waals surface area contributed by atoms with Crippen LogP contribution in [0.5, 0.6) is 0 Å². The van der Waals surface area contributed by atoms with E-state index in [-0.39, 0.29) is 5.78 Å². The summed E-state index contributed by atoms with van der Waals surface area (Å²) in [6.07, 6.45) is 7.55. The molecule has 1 saturated heterocycles. The second-order valence-corrected chi connectivity index (χ2v) is 7.96. The molecular weight excluding hydrogens is 356 g/mol. The topological polar surface area (TPSA) is 71.2 Å². The SMILES string of the molecule is Cc1nc(N2CCNCC2)sc1C(=O)Cc1cc(C2=CC=CC2)ccc1N. The Balaban J connectivity index is 1.54. The van der Waals surface area contributed by atoms with Gasteiger partial charge in [0.05, 0.1) is 10.6 Å². The van der Waals surface area contributed by atoms with Gasteiger partial charge in [-0.05, 0) is 42.2 Å². The van der Waals surface area contributed by atoms with Gasteiger partial charge in [-0.25, -0.2) is 4.98 Å². The summed E-state index contributed by atoms with van der Waals surface area (Å²) in [6, 6.07) is 5.99. The van der Waals surface area contributed by atoms with E-state index < -0.39 is 0 Å². The molecule has 1 aliphatic heterocycles. The van der Waals surface area contributed by atoms with Crippen LogP contribution in [0.2, 0.25) is 0 Å².